The predicted octanol–water partition coefficient (Wildman–Crippen LogP) is 5.38. The first-order valence-corrected chi connectivity index (χ1v) is 9.65. The van der Waals surface area contributed by atoms with E-state index in [0.29, 0.717) is 33.7 Å². The number of aryl methyl sites for hydroxylation is 1. The minimum atomic E-state index is -0.305. The molecule has 1 amide bonds. The van der Waals surface area contributed by atoms with Gasteiger partial charge >= 0.3 is 0 Å². The van der Waals surface area contributed by atoms with E-state index in [4.69, 9.17) is 20.9 Å². The van der Waals surface area contributed by atoms with Crippen molar-refractivity contribution in [2.24, 2.45) is 0 Å². The van der Waals surface area contributed by atoms with Crippen LogP contribution in [0.25, 0.3) is 22.8 Å². The first kappa shape index (κ1) is 19.7. The Hall–Kier alpha value is -3.64. The first-order chi connectivity index (χ1) is 14.6. The fourth-order valence-electron chi connectivity index (χ4n) is 2.82. The lowest BCUT2D eigenvalue weighted by molar-refractivity contribution is -0.118. The number of anilines is 1. The summed E-state index contributed by atoms with van der Waals surface area (Å²) in [4.78, 5) is 16.7. The van der Waals surface area contributed by atoms with E-state index in [-0.39, 0.29) is 12.5 Å². The van der Waals surface area contributed by atoms with Gasteiger partial charge in [0, 0.05) is 16.3 Å². The normalized spacial score (nSPS) is 10.6. The zero-order chi connectivity index (χ0) is 20.9. The summed E-state index contributed by atoms with van der Waals surface area (Å²) in [5, 5.41) is 7.39. The van der Waals surface area contributed by atoms with Gasteiger partial charge in [-0.2, -0.15) is 4.98 Å². The molecular formula is C23H18ClN3O3. The molecule has 0 spiro atoms. The Morgan fingerprint density at radius 3 is 2.63 bits per heavy atom. The number of nitrogens with one attached hydrogen (secondary N) is 1. The molecular weight excluding hydrogens is 402 g/mol. The lowest BCUT2D eigenvalue weighted by atomic mass is 10.2. The van der Waals surface area contributed by atoms with Crippen molar-refractivity contribution in [3.05, 3.63) is 83.4 Å². The number of carbonyl (C=O) groups excluding carboxylic acids is 1. The molecule has 6 nitrogen and oxygen atoms in total. The molecule has 0 aliphatic rings. The van der Waals surface area contributed by atoms with Gasteiger partial charge in [0.2, 0.25) is 5.82 Å². The molecule has 4 rings (SSSR count). The Morgan fingerprint density at radius 1 is 1.07 bits per heavy atom. The van der Waals surface area contributed by atoms with Crippen LogP contribution in [0.2, 0.25) is 5.02 Å². The average molecular weight is 420 g/mol. The molecule has 1 heterocycles. The number of aromatic nitrogens is 2. The number of hydrogen-bond donors (Lipinski definition) is 1. The Balaban J connectivity index is 1.47. The van der Waals surface area contributed by atoms with Crippen molar-refractivity contribution in [3.8, 4) is 28.6 Å². The number of hydrogen-bond acceptors (Lipinski definition) is 5. The highest BCUT2D eigenvalue weighted by Crippen LogP contribution is 2.30. The molecule has 0 bridgehead atoms. The van der Waals surface area contributed by atoms with Crippen LogP contribution in [0.15, 0.2) is 77.3 Å². The summed E-state index contributed by atoms with van der Waals surface area (Å²) in [6, 6.07) is 22.1. The van der Waals surface area contributed by atoms with Crippen molar-refractivity contribution in [1.29, 1.82) is 0 Å². The minimum absolute atomic E-state index is 0.178. The standard InChI is InChI=1S/C23H18ClN3O3/c1-15-11-12-17(13-19(15)24)25-21(28)14-29-20-10-6-5-9-18(20)23-26-22(27-30-23)16-7-3-2-4-8-16/h2-13H,14H2,1H3,(H,25,28). The van der Waals surface area contributed by atoms with Crippen molar-refractivity contribution < 1.29 is 14.1 Å². The van der Waals surface area contributed by atoms with E-state index in [1.165, 1.54) is 0 Å². The Labute approximate surface area is 178 Å². The number of amides is 1. The molecule has 0 radical (unpaired) electrons. The molecule has 3 aromatic carbocycles. The SMILES string of the molecule is Cc1ccc(NC(=O)COc2ccccc2-c2nc(-c3ccccc3)no2)cc1Cl. The quantitative estimate of drug-likeness (QED) is 0.453. The third kappa shape index (κ3) is 4.50. The highest BCUT2D eigenvalue weighted by Gasteiger charge is 2.15. The van der Waals surface area contributed by atoms with Crippen LogP contribution in [0.1, 0.15) is 5.56 Å². The summed E-state index contributed by atoms with van der Waals surface area (Å²) < 4.78 is 11.1. The number of ether oxygens (including phenoxy) is 1. The minimum Gasteiger partial charge on any atom is -0.483 e. The van der Waals surface area contributed by atoms with Gasteiger partial charge in [0.1, 0.15) is 5.75 Å². The van der Waals surface area contributed by atoms with Gasteiger partial charge in [-0.3, -0.25) is 4.79 Å². The maximum atomic E-state index is 12.3. The summed E-state index contributed by atoms with van der Waals surface area (Å²) in [5.74, 6) is 0.961. The molecule has 150 valence electrons. The number of rotatable bonds is 6. The largest absolute Gasteiger partial charge is 0.483 e. The third-order valence-electron chi connectivity index (χ3n) is 4.39. The monoisotopic (exact) mass is 419 g/mol. The maximum absolute atomic E-state index is 12.3. The number of para-hydroxylation sites is 1. The van der Waals surface area contributed by atoms with Gasteiger partial charge in [0.25, 0.3) is 11.8 Å². The Bertz CT molecular complexity index is 1180. The summed E-state index contributed by atoms with van der Waals surface area (Å²) >= 11 is 6.10. The second-order valence-corrected chi connectivity index (χ2v) is 6.99. The maximum Gasteiger partial charge on any atom is 0.262 e. The van der Waals surface area contributed by atoms with Crippen molar-refractivity contribution in [1.82, 2.24) is 10.1 Å². The number of nitrogens with zero attached hydrogens (tertiary/aromatic N) is 2. The molecule has 1 aromatic heterocycles. The van der Waals surface area contributed by atoms with E-state index in [1.54, 1.807) is 24.3 Å². The molecule has 0 aliphatic carbocycles. The zero-order valence-corrected chi connectivity index (χ0v) is 16.9. The van der Waals surface area contributed by atoms with Crippen molar-refractivity contribution in [2.75, 3.05) is 11.9 Å². The van der Waals surface area contributed by atoms with Gasteiger partial charge in [0.05, 0.1) is 5.56 Å². The van der Waals surface area contributed by atoms with Crippen LogP contribution in [-0.4, -0.2) is 22.7 Å². The van der Waals surface area contributed by atoms with Crippen molar-refractivity contribution in [2.45, 2.75) is 6.92 Å². The van der Waals surface area contributed by atoms with E-state index in [0.717, 1.165) is 11.1 Å². The van der Waals surface area contributed by atoms with Gasteiger partial charge in [0.15, 0.2) is 6.61 Å². The smallest absolute Gasteiger partial charge is 0.262 e. The van der Waals surface area contributed by atoms with Crippen LogP contribution in [0.3, 0.4) is 0 Å². The summed E-state index contributed by atoms with van der Waals surface area (Å²) in [7, 11) is 0. The van der Waals surface area contributed by atoms with Crippen LogP contribution in [0, 0.1) is 6.92 Å². The predicted molar refractivity (Wildman–Crippen MR) is 115 cm³/mol. The summed E-state index contributed by atoms with van der Waals surface area (Å²) in [6.07, 6.45) is 0. The van der Waals surface area contributed by atoms with Crippen LogP contribution in [0.4, 0.5) is 5.69 Å². The number of carbonyl (C=O) groups is 1. The van der Waals surface area contributed by atoms with Gasteiger partial charge in [-0.25, -0.2) is 0 Å². The number of halogens is 1. The highest BCUT2D eigenvalue weighted by atomic mass is 35.5. The molecule has 0 atom stereocenters. The van der Waals surface area contributed by atoms with Crippen LogP contribution < -0.4 is 10.1 Å². The Kier molecular flexibility index (Phi) is 5.77. The fourth-order valence-corrected chi connectivity index (χ4v) is 3.00. The van der Waals surface area contributed by atoms with Crippen LogP contribution in [0.5, 0.6) is 5.75 Å². The lowest BCUT2D eigenvalue weighted by Crippen LogP contribution is -2.20. The molecule has 0 saturated heterocycles. The second kappa shape index (κ2) is 8.80. The second-order valence-electron chi connectivity index (χ2n) is 6.59. The molecule has 0 fully saturated rings. The van der Waals surface area contributed by atoms with Crippen molar-refractivity contribution >= 4 is 23.2 Å². The molecule has 1 N–H and O–H groups in total. The van der Waals surface area contributed by atoms with E-state index in [2.05, 4.69) is 15.5 Å². The van der Waals surface area contributed by atoms with Gasteiger partial charge in [-0.05, 0) is 36.8 Å². The lowest BCUT2D eigenvalue weighted by Gasteiger charge is -2.10. The zero-order valence-electron chi connectivity index (χ0n) is 16.1. The molecule has 0 aliphatic heterocycles. The summed E-state index contributed by atoms with van der Waals surface area (Å²) in [6.45, 7) is 1.72. The number of benzene rings is 3. The molecule has 30 heavy (non-hydrogen) atoms. The fraction of sp³-hybridized carbons (Fsp3) is 0.0870. The third-order valence-corrected chi connectivity index (χ3v) is 4.80. The highest BCUT2D eigenvalue weighted by molar-refractivity contribution is 6.31. The van der Waals surface area contributed by atoms with Gasteiger partial charge < -0.3 is 14.6 Å². The van der Waals surface area contributed by atoms with Crippen LogP contribution in [-0.2, 0) is 4.79 Å². The summed E-state index contributed by atoms with van der Waals surface area (Å²) in [5.41, 5.74) is 3.01. The van der Waals surface area contributed by atoms with Crippen LogP contribution >= 0.6 is 11.6 Å². The van der Waals surface area contributed by atoms with Gasteiger partial charge in [-0.15, -0.1) is 0 Å². The first-order valence-electron chi connectivity index (χ1n) is 9.27. The molecule has 4 aromatic rings. The average Bonchev–Trinajstić information content (AvgIpc) is 3.26. The molecule has 7 heteroatoms. The van der Waals surface area contributed by atoms with E-state index in [9.17, 15) is 4.79 Å². The van der Waals surface area contributed by atoms with E-state index in [1.807, 2.05) is 55.5 Å². The molecule has 0 unspecified atom stereocenters. The van der Waals surface area contributed by atoms with Gasteiger partial charge in [-0.1, -0.05) is 65.3 Å². The molecule has 0 saturated carbocycles. The van der Waals surface area contributed by atoms with E-state index >= 15 is 0 Å². The Morgan fingerprint density at radius 2 is 1.83 bits per heavy atom. The van der Waals surface area contributed by atoms with Crippen molar-refractivity contribution in [3.63, 3.8) is 0 Å². The van der Waals surface area contributed by atoms with E-state index < -0.39 is 0 Å². The topological polar surface area (TPSA) is 77.2 Å².